The first-order valence-corrected chi connectivity index (χ1v) is 6.02. The molecule has 0 heterocycles. The molecule has 3 heteroatoms. The Labute approximate surface area is 94.5 Å². The molecular formula is C12H27N3. The van der Waals surface area contributed by atoms with Gasteiger partial charge in [-0.3, -0.25) is 4.99 Å². The Morgan fingerprint density at radius 2 is 1.73 bits per heavy atom. The smallest absolute Gasteiger partial charge is 0.188 e. The van der Waals surface area contributed by atoms with E-state index in [2.05, 4.69) is 44.9 Å². The maximum absolute atomic E-state index is 5.75. The summed E-state index contributed by atoms with van der Waals surface area (Å²) >= 11 is 0. The van der Waals surface area contributed by atoms with Crippen molar-refractivity contribution in [2.24, 2.45) is 28.5 Å². The zero-order valence-electron chi connectivity index (χ0n) is 10.9. The second kappa shape index (κ2) is 7.55. The number of hydrogen-bond acceptors (Lipinski definition) is 1. The summed E-state index contributed by atoms with van der Waals surface area (Å²) in [7, 11) is 0. The van der Waals surface area contributed by atoms with Crippen LogP contribution >= 0.6 is 0 Å². The highest BCUT2D eigenvalue weighted by molar-refractivity contribution is 5.77. The van der Waals surface area contributed by atoms with Crippen LogP contribution in [0.2, 0.25) is 0 Å². The van der Waals surface area contributed by atoms with Crippen molar-refractivity contribution in [3.63, 3.8) is 0 Å². The van der Waals surface area contributed by atoms with Gasteiger partial charge in [0.2, 0.25) is 0 Å². The summed E-state index contributed by atoms with van der Waals surface area (Å²) in [6, 6.07) is 0. The molecule has 0 saturated heterocycles. The highest BCUT2D eigenvalue weighted by Gasteiger charge is 2.16. The Balaban J connectivity index is 4.07. The fourth-order valence-corrected chi connectivity index (χ4v) is 1.70. The van der Waals surface area contributed by atoms with Gasteiger partial charge in [0.25, 0.3) is 0 Å². The van der Waals surface area contributed by atoms with Gasteiger partial charge in [-0.2, -0.15) is 0 Å². The summed E-state index contributed by atoms with van der Waals surface area (Å²) in [6.45, 7) is 12.8. The molecule has 0 amide bonds. The first-order chi connectivity index (χ1) is 6.99. The monoisotopic (exact) mass is 213 g/mol. The standard InChI is InChI=1S/C12H27N3/c1-6-7-14-12(13)15-8-11(9(2)3)10(4)5/h9-11H,6-8H2,1-5H3,(H3,13,14,15). The Morgan fingerprint density at radius 3 is 2.13 bits per heavy atom. The SMILES string of the molecule is CCCNC(N)=NCC(C(C)C)C(C)C. The molecule has 0 unspecified atom stereocenters. The number of rotatable bonds is 6. The molecular weight excluding hydrogens is 186 g/mol. The molecule has 3 N–H and O–H groups in total. The topological polar surface area (TPSA) is 50.4 Å². The minimum Gasteiger partial charge on any atom is -0.370 e. The second-order valence-electron chi connectivity index (χ2n) is 4.80. The zero-order valence-corrected chi connectivity index (χ0v) is 10.9. The van der Waals surface area contributed by atoms with Gasteiger partial charge in [-0.25, -0.2) is 0 Å². The van der Waals surface area contributed by atoms with Crippen molar-refractivity contribution < 1.29 is 0 Å². The summed E-state index contributed by atoms with van der Waals surface area (Å²) in [6.07, 6.45) is 1.08. The third-order valence-corrected chi connectivity index (χ3v) is 2.74. The van der Waals surface area contributed by atoms with E-state index in [9.17, 15) is 0 Å². The van der Waals surface area contributed by atoms with Crippen LogP contribution in [0.1, 0.15) is 41.0 Å². The van der Waals surface area contributed by atoms with Gasteiger partial charge >= 0.3 is 0 Å². The van der Waals surface area contributed by atoms with Crippen molar-refractivity contribution in [2.45, 2.75) is 41.0 Å². The van der Waals surface area contributed by atoms with Gasteiger partial charge in [-0.15, -0.1) is 0 Å². The van der Waals surface area contributed by atoms with Crippen LogP contribution < -0.4 is 11.1 Å². The molecule has 0 fully saturated rings. The quantitative estimate of drug-likeness (QED) is 0.525. The van der Waals surface area contributed by atoms with E-state index in [1.54, 1.807) is 0 Å². The molecule has 0 aliphatic rings. The maximum Gasteiger partial charge on any atom is 0.188 e. The van der Waals surface area contributed by atoms with Crippen LogP contribution in [0.4, 0.5) is 0 Å². The highest BCUT2D eigenvalue weighted by atomic mass is 15.1. The van der Waals surface area contributed by atoms with Crippen molar-refractivity contribution in [3.05, 3.63) is 0 Å². The third kappa shape index (κ3) is 6.37. The molecule has 0 spiro atoms. The molecule has 0 aliphatic carbocycles. The summed E-state index contributed by atoms with van der Waals surface area (Å²) in [5, 5.41) is 3.09. The number of hydrogen-bond donors (Lipinski definition) is 2. The normalized spacial score (nSPS) is 12.9. The van der Waals surface area contributed by atoms with E-state index < -0.39 is 0 Å². The van der Waals surface area contributed by atoms with Crippen LogP contribution in [0.15, 0.2) is 4.99 Å². The lowest BCUT2D eigenvalue weighted by Crippen LogP contribution is -2.33. The minimum atomic E-state index is 0.586. The molecule has 0 saturated carbocycles. The van der Waals surface area contributed by atoms with E-state index in [0.29, 0.717) is 23.7 Å². The molecule has 0 aliphatic heterocycles. The molecule has 0 radical (unpaired) electrons. The van der Waals surface area contributed by atoms with Gasteiger partial charge in [0.1, 0.15) is 0 Å². The Kier molecular flexibility index (Phi) is 7.18. The van der Waals surface area contributed by atoms with Crippen molar-refractivity contribution >= 4 is 5.96 Å². The van der Waals surface area contributed by atoms with Crippen LogP contribution in [0.5, 0.6) is 0 Å². The molecule has 0 aromatic rings. The van der Waals surface area contributed by atoms with Crippen LogP contribution in [0.25, 0.3) is 0 Å². The predicted molar refractivity (Wildman–Crippen MR) is 67.9 cm³/mol. The number of guanidine groups is 1. The molecule has 0 aromatic heterocycles. The van der Waals surface area contributed by atoms with E-state index in [4.69, 9.17) is 5.73 Å². The lowest BCUT2D eigenvalue weighted by molar-refractivity contribution is 0.297. The third-order valence-electron chi connectivity index (χ3n) is 2.74. The summed E-state index contributed by atoms with van der Waals surface area (Å²) in [5.74, 6) is 2.52. The van der Waals surface area contributed by atoms with E-state index >= 15 is 0 Å². The number of nitrogens with zero attached hydrogens (tertiary/aromatic N) is 1. The highest BCUT2D eigenvalue weighted by Crippen LogP contribution is 2.20. The summed E-state index contributed by atoms with van der Waals surface area (Å²) < 4.78 is 0. The molecule has 0 bridgehead atoms. The van der Waals surface area contributed by atoms with Gasteiger partial charge in [-0.05, 0) is 24.2 Å². The van der Waals surface area contributed by atoms with Crippen molar-refractivity contribution in [1.82, 2.24) is 5.32 Å². The number of nitrogens with two attached hydrogens (primary N) is 1. The van der Waals surface area contributed by atoms with Crippen molar-refractivity contribution in [2.75, 3.05) is 13.1 Å². The predicted octanol–water partition coefficient (Wildman–Crippen LogP) is 2.23. The lowest BCUT2D eigenvalue weighted by Gasteiger charge is -2.22. The van der Waals surface area contributed by atoms with E-state index in [1.807, 2.05) is 0 Å². The molecule has 0 rings (SSSR count). The van der Waals surface area contributed by atoms with E-state index in [0.717, 1.165) is 19.5 Å². The molecule has 15 heavy (non-hydrogen) atoms. The molecule has 3 nitrogen and oxygen atoms in total. The summed E-state index contributed by atoms with van der Waals surface area (Å²) in [4.78, 5) is 4.39. The Hall–Kier alpha value is -0.730. The largest absolute Gasteiger partial charge is 0.370 e. The number of nitrogens with one attached hydrogen (secondary N) is 1. The van der Waals surface area contributed by atoms with Gasteiger partial charge in [0.05, 0.1) is 0 Å². The zero-order chi connectivity index (χ0) is 11.8. The first kappa shape index (κ1) is 14.3. The fraction of sp³-hybridized carbons (Fsp3) is 0.917. The first-order valence-electron chi connectivity index (χ1n) is 6.02. The van der Waals surface area contributed by atoms with Crippen LogP contribution in [-0.2, 0) is 0 Å². The fourth-order valence-electron chi connectivity index (χ4n) is 1.70. The van der Waals surface area contributed by atoms with Gasteiger partial charge in [-0.1, -0.05) is 34.6 Å². The van der Waals surface area contributed by atoms with E-state index in [1.165, 1.54) is 0 Å². The van der Waals surface area contributed by atoms with Crippen molar-refractivity contribution in [3.8, 4) is 0 Å². The van der Waals surface area contributed by atoms with Gasteiger partial charge < -0.3 is 11.1 Å². The lowest BCUT2D eigenvalue weighted by atomic mass is 9.86. The van der Waals surface area contributed by atoms with Gasteiger partial charge in [0.15, 0.2) is 5.96 Å². The van der Waals surface area contributed by atoms with Crippen LogP contribution in [0, 0.1) is 17.8 Å². The second-order valence-corrected chi connectivity index (χ2v) is 4.80. The van der Waals surface area contributed by atoms with Crippen LogP contribution in [-0.4, -0.2) is 19.0 Å². The Bertz CT molecular complexity index is 177. The maximum atomic E-state index is 5.75. The average Bonchev–Trinajstić information content (AvgIpc) is 2.13. The minimum absolute atomic E-state index is 0.586. The van der Waals surface area contributed by atoms with Crippen LogP contribution in [0.3, 0.4) is 0 Å². The summed E-state index contributed by atoms with van der Waals surface area (Å²) in [5.41, 5.74) is 5.75. The number of aliphatic imine (C=N–C) groups is 1. The van der Waals surface area contributed by atoms with E-state index in [-0.39, 0.29) is 0 Å². The molecule has 90 valence electrons. The van der Waals surface area contributed by atoms with Gasteiger partial charge in [0, 0.05) is 13.1 Å². The van der Waals surface area contributed by atoms with Crippen molar-refractivity contribution in [1.29, 1.82) is 0 Å². The molecule has 0 atom stereocenters. The average molecular weight is 213 g/mol. The molecule has 0 aromatic carbocycles. The Morgan fingerprint density at radius 1 is 1.20 bits per heavy atom.